The zero-order chi connectivity index (χ0) is 17.9. The van der Waals surface area contributed by atoms with Crippen LogP contribution in [-0.2, 0) is 12.2 Å². The van der Waals surface area contributed by atoms with Gasteiger partial charge < -0.3 is 15.1 Å². The number of nitrogens with one attached hydrogen (secondary N) is 1. The number of rotatable bonds is 6. The molecule has 2 heterocycles. The van der Waals surface area contributed by atoms with Gasteiger partial charge in [-0.25, -0.2) is 0 Å². The summed E-state index contributed by atoms with van der Waals surface area (Å²) in [7, 11) is 0. The van der Waals surface area contributed by atoms with Crippen molar-refractivity contribution >= 4 is 34.3 Å². The Bertz CT molecular complexity index is 1030. The molecular formula is C19H17ClN4OS. The van der Waals surface area contributed by atoms with E-state index in [2.05, 4.69) is 21.2 Å². The fraction of sp³-hybridized carbons (Fsp3) is 0.158. The van der Waals surface area contributed by atoms with Crippen molar-refractivity contribution in [3.8, 4) is 0 Å². The van der Waals surface area contributed by atoms with Gasteiger partial charge in [-0.1, -0.05) is 59.8 Å². The van der Waals surface area contributed by atoms with Gasteiger partial charge in [-0.15, -0.1) is 10.2 Å². The van der Waals surface area contributed by atoms with Gasteiger partial charge in [0.2, 0.25) is 5.89 Å². The van der Waals surface area contributed by atoms with Gasteiger partial charge in [0.05, 0.1) is 6.04 Å². The monoisotopic (exact) mass is 384 g/mol. The smallest absolute Gasteiger partial charge is 0.276 e. The minimum absolute atomic E-state index is 0.351. The second-order valence-corrected chi connectivity index (χ2v) is 7.29. The maximum absolute atomic E-state index is 6.28. The number of nitrogens with zero attached hydrogens (tertiary/aromatic N) is 2. The van der Waals surface area contributed by atoms with Gasteiger partial charge in [0.1, 0.15) is 0 Å². The molecule has 5 nitrogen and oxygen atoms in total. The number of H-pyrrole nitrogens is 1. The molecule has 0 aliphatic heterocycles. The minimum atomic E-state index is -0.351. The van der Waals surface area contributed by atoms with Crippen LogP contribution in [0.3, 0.4) is 0 Å². The Hall–Kier alpha value is -2.28. The first-order valence-corrected chi connectivity index (χ1v) is 9.57. The van der Waals surface area contributed by atoms with E-state index in [1.165, 1.54) is 11.8 Å². The fourth-order valence-corrected chi connectivity index (χ4v) is 3.86. The van der Waals surface area contributed by atoms with E-state index in [0.29, 0.717) is 23.3 Å². The Kier molecular flexibility index (Phi) is 4.97. The van der Waals surface area contributed by atoms with E-state index in [0.717, 1.165) is 27.1 Å². The lowest BCUT2D eigenvalue weighted by Crippen LogP contribution is -2.13. The number of aromatic amines is 1. The second-order valence-electron chi connectivity index (χ2n) is 5.96. The summed E-state index contributed by atoms with van der Waals surface area (Å²) in [6.45, 7) is 0. The summed E-state index contributed by atoms with van der Waals surface area (Å²) in [5.41, 5.74) is 9.54. The van der Waals surface area contributed by atoms with E-state index in [1.807, 2.05) is 48.7 Å². The number of aromatic nitrogens is 3. The van der Waals surface area contributed by atoms with Crippen LogP contribution < -0.4 is 5.73 Å². The Morgan fingerprint density at radius 2 is 1.88 bits per heavy atom. The van der Waals surface area contributed by atoms with E-state index in [1.54, 1.807) is 0 Å². The predicted octanol–water partition coefficient (Wildman–Crippen LogP) is 4.74. The van der Waals surface area contributed by atoms with Crippen LogP contribution in [0.15, 0.2) is 64.4 Å². The molecule has 0 saturated carbocycles. The molecule has 0 aliphatic rings. The van der Waals surface area contributed by atoms with E-state index in [-0.39, 0.29) is 6.04 Å². The molecule has 1 atom stereocenters. The van der Waals surface area contributed by atoms with E-state index in [4.69, 9.17) is 21.8 Å². The van der Waals surface area contributed by atoms with Gasteiger partial charge in [0.15, 0.2) is 0 Å². The maximum atomic E-state index is 6.28. The normalized spacial score (nSPS) is 12.5. The molecule has 4 rings (SSSR count). The standard InChI is InChI=1S/C19H17ClN4OS/c20-15-7-3-1-5-12(15)11-26-19-24-23-18(25-19)16(21)9-13-10-22-17-8-4-2-6-14(13)17/h1-8,10,16,22H,9,11,21H2. The molecule has 26 heavy (non-hydrogen) atoms. The Balaban J connectivity index is 1.43. The van der Waals surface area contributed by atoms with Crippen molar-refractivity contribution in [1.82, 2.24) is 15.2 Å². The Morgan fingerprint density at radius 1 is 1.08 bits per heavy atom. The van der Waals surface area contributed by atoms with Crippen molar-refractivity contribution in [1.29, 1.82) is 0 Å². The molecule has 0 fully saturated rings. The summed E-state index contributed by atoms with van der Waals surface area (Å²) in [5.74, 6) is 1.11. The zero-order valence-electron chi connectivity index (χ0n) is 13.9. The third-order valence-corrected chi connectivity index (χ3v) is 5.40. The number of thioether (sulfide) groups is 1. The molecule has 0 spiro atoms. The van der Waals surface area contributed by atoms with Crippen molar-refractivity contribution in [2.45, 2.75) is 23.4 Å². The van der Waals surface area contributed by atoms with E-state index >= 15 is 0 Å². The highest BCUT2D eigenvalue weighted by atomic mass is 35.5. The lowest BCUT2D eigenvalue weighted by Gasteiger charge is -2.06. The highest BCUT2D eigenvalue weighted by molar-refractivity contribution is 7.98. The molecule has 0 radical (unpaired) electrons. The van der Waals surface area contributed by atoms with Gasteiger partial charge in [-0.3, -0.25) is 0 Å². The van der Waals surface area contributed by atoms with Crippen LogP contribution >= 0.6 is 23.4 Å². The van der Waals surface area contributed by atoms with Gasteiger partial charge in [0, 0.05) is 27.9 Å². The molecule has 7 heteroatoms. The molecule has 0 bridgehead atoms. The summed E-state index contributed by atoms with van der Waals surface area (Å²) in [6.07, 6.45) is 2.61. The number of hydrogen-bond donors (Lipinski definition) is 2. The Labute approximate surface area is 159 Å². The third-order valence-electron chi connectivity index (χ3n) is 4.16. The second kappa shape index (κ2) is 7.53. The average Bonchev–Trinajstić information content (AvgIpc) is 3.29. The summed E-state index contributed by atoms with van der Waals surface area (Å²) in [6, 6.07) is 15.5. The predicted molar refractivity (Wildman–Crippen MR) is 104 cm³/mol. The molecule has 4 aromatic rings. The van der Waals surface area contributed by atoms with Crippen molar-refractivity contribution in [2.75, 3.05) is 0 Å². The number of fused-ring (bicyclic) bond motifs is 1. The number of halogens is 1. The lowest BCUT2D eigenvalue weighted by molar-refractivity contribution is 0.385. The first kappa shape index (κ1) is 17.1. The fourth-order valence-electron chi connectivity index (χ4n) is 2.81. The first-order chi connectivity index (χ1) is 12.7. The number of benzene rings is 2. The lowest BCUT2D eigenvalue weighted by atomic mass is 10.1. The van der Waals surface area contributed by atoms with Crippen LogP contribution in [0, 0.1) is 0 Å². The van der Waals surface area contributed by atoms with Crippen LogP contribution in [-0.4, -0.2) is 15.2 Å². The van der Waals surface area contributed by atoms with Crippen molar-refractivity contribution < 1.29 is 4.42 Å². The topological polar surface area (TPSA) is 80.7 Å². The summed E-state index contributed by atoms with van der Waals surface area (Å²) in [5, 5.41) is 10.6. The zero-order valence-corrected chi connectivity index (χ0v) is 15.4. The molecule has 0 aliphatic carbocycles. The summed E-state index contributed by atoms with van der Waals surface area (Å²) in [4.78, 5) is 3.26. The molecule has 3 N–H and O–H groups in total. The van der Waals surface area contributed by atoms with Gasteiger partial charge in [0.25, 0.3) is 5.22 Å². The molecule has 2 aromatic heterocycles. The van der Waals surface area contributed by atoms with Gasteiger partial charge >= 0.3 is 0 Å². The van der Waals surface area contributed by atoms with Crippen molar-refractivity contribution in [3.63, 3.8) is 0 Å². The average molecular weight is 385 g/mol. The Morgan fingerprint density at radius 3 is 2.77 bits per heavy atom. The van der Waals surface area contributed by atoms with Crippen LogP contribution in [0.5, 0.6) is 0 Å². The third kappa shape index (κ3) is 3.62. The van der Waals surface area contributed by atoms with Crippen molar-refractivity contribution in [2.24, 2.45) is 5.73 Å². The summed E-state index contributed by atoms with van der Waals surface area (Å²) < 4.78 is 5.73. The van der Waals surface area contributed by atoms with E-state index < -0.39 is 0 Å². The molecular weight excluding hydrogens is 368 g/mol. The van der Waals surface area contributed by atoms with Gasteiger partial charge in [-0.05, 0) is 29.7 Å². The molecule has 132 valence electrons. The van der Waals surface area contributed by atoms with Crippen molar-refractivity contribution in [3.05, 3.63) is 76.8 Å². The SMILES string of the molecule is NC(Cc1c[nH]c2ccccc12)c1nnc(SCc2ccccc2Cl)o1. The molecule has 0 saturated heterocycles. The molecule has 1 unspecified atom stereocenters. The van der Waals surface area contributed by atoms with Gasteiger partial charge in [-0.2, -0.15) is 0 Å². The largest absolute Gasteiger partial charge is 0.414 e. The molecule has 0 amide bonds. The van der Waals surface area contributed by atoms with Crippen LogP contribution in [0.2, 0.25) is 5.02 Å². The first-order valence-electron chi connectivity index (χ1n) is 8.21. The van der Waals surface area contributed by atoms with Crippen LogP contribution in [0.25, 0.3) is 10.9 Å². The van der Waals surface area contributed by atoms with Crippen LogP contribution in [0.4, 0.5) is 0 Å². The van der Waals surface area contributed by atoms with Crippen LogP contribution in [0.1, 0.15) is 23.1 Å². The molecule has 2 aromatic carbocycles. The number of nitrogens with two attached hydrogens (primary N) is 1. The maximum Gasteiger partial charge on any atom is 0.276 e. The minimum Gasteiger partial charge on any atom is -0.414 e. The van der Waals surface area contributed by atoms with E-state index in [9.17, 15) is 0 Å². The highest BCUT2D eigenvalue weighted by Crippen LogP contribution is 2.28. The summed E-state index contributed by atoms with van der Waals surface area (Å²) >= 11 is 7.62. The number of para-hydroxylation sites is 1. The quantitative estimate of drug-likeness (QED) is 0.469. The number of hydrogen-bond acceptors (Lipinski definition) is 5. The highest BCUT2D eigenvalue weighted by Gasteiger charge is 2.17.